The van der Waals surface area contributed by atoms with Crippen LogP contribution in [0.2, 0.25) is 0 Å². The van der Waals surface area contributed by atoms with Crippen LogP contribution in [0.1, 0.15) is 25.0 Å². The first kappa shape index (κ1) is 30.2. The third-order valence-corrected chi connectivity index (χ3v) is 12.0. The zero-order valence-corrected chi connectivity index (χ0v) is 29.8. The first-order valence-electron chi connectivity index (χ1n) is 18.7. The molecule has 0 saturated heterocycles. The van der Waals surface area contributed by atoms with Crippen molar-refractivity contribution in [2.24, 2.45) is 0 Å². The van der Waals surface area contributed by atoms with Crippen molar-refractivity contribution in [1.29, 1.82) is 0 Å². The van der Waals surface area contributed by atoms with Gasteiger partial charge in [0.1, 0.15) is 0 Å². The Kier molecular flexibility index (Phi) is 6.40. The molecule has 0 fully saturated rings. The van der Waals surface area contributed by atoms with E-state index < -0.39 is 0 Å². The van der Waals surface area contributed by atoms with E-state index in [1.807, 2.05) is 0 Å². The van der Waals surface area contributed by atoms with Crippen LogP contribution in [0.4, 0.5) is 0 Å². The molecule has 1 aliphatic rings. The molecule has 10 aromatic rings. The van der Waals surface area contributed by atoms with Gasteiger partial charge in [0, 0.05) is 5.41 Å². The van der Waals surface area contributed by atoms with Crippen LogP contribution in [0.3, 0.4) is 0 Å². The number of hydrogen-bond donors (Lipinski definition) is 0. The number of rotatable bonds is 3. The zero-order valence-electron chi connectivity index (χ0n) is 29.8. The highest BCUT2D eigenvalue weighted by molar-refractivity contribution is 6.21. The molecule has 0 spiro atoms. The van der Waals surface area contributed by atoms with Gasteiger partial charge in [-0.1, -0.05) is 166 Å². The van der Waals surface area contributed by atoms with Gasteiger partial charge >= 0.3 is 0 Å². The Hall–Kier alpha value is -6.50. The monoisotopic (exact) mass is 672 g/mol. The van der Waals surface area contributed by atoms with Crippen molar-refractivity contribution in [3.05, 3.63) is 193 Å². The highest BCUT2D eigenvalue weighted by Gasteiger charge is 2.36. The summed E-state index contributed by atoms with van der Waals surface area (Å²) in [6.45, 7) is 4.77. The number of benzene rings is 10. The van der Waals surface area contributed by atoms with Crippen LogP contribution in [0.15, 0.2) is 182 Å². The lowest BCUT2D eigenvalue weighted by atomic mass is 9.80. The second-order valence-electron chi connectivity index (χ2n) is 15.3. The molecule has 0 radical (unpaired) electrons. The van der Waals surface area contributed by atoms with Crippen molar-refractivity contribution in [3.63, 3.8) is 0 Å². The van der Waals surface area contributed by atoms with Crippen molar-refractivity contribution in [2.45, 2.75) is 19.3 Å². The van der Waals surface area contributed by atoms with Crippen molar-refractivity contribution in [1.82, 2.24) is 0 Å². The van der Waals surface area contributed by atoms with E-state index in [2.05, 4.69) is 196 Å². The minimum absolute atomic E-state index is 0.118. The van der Waals surface area contributed by atoms with Crippen LogP contribution in [0.25, 0.3) is 98.4 Å². The van der Waals surface area contributed by atoms with Gasteiger partial charge in [0.15, 0.2) is 0 Å². The molecule has 248 valence electrons. The Morgan fingerprint density at radius 3 is 1.57 bits per heavy atom. The fourth-order valence-electron chi connectivity index (χ4n) is 9.26. The van der Waals surface area contributed by atoms with Crippen LogP contribution in [-0.2, 0) is 5.41 Å². The molecule has 0 aromatic heterocycles. The molecule has 0 atom stereocenters. The van der Waals surface area contributed by atoms with Crippen LogP contribution in [-0.4, -0.2) is 0 Å². The fraction of sp³-hybridized carbons (Fsp3) is 0.0566. The van der Waals surface area contributed by atoms with E-state index >= 15 is 0 Å². The Morgan fingerprint density at radius 2 is 0.774 bits per heavy atom. The average Bonchev–Trinajstić information content (AvgIpc) is 3.44. The molecular weight excluding hydrogens is 637 g/mol. The van der Waals surface area contributed by atoms with Gasteiger partial charge in [-0.2, -0.15) is 0 Å². The molecule has 0 bridgehead atoms. The first-order chi connectivity index (χ1) is 26.0. The van der Waals surface area contributed by atoms with Crippen LogP contribution in [0, 0.1) is 0 Å². The maximum atomic E-state index is 2.44. The van der Waals surface area contributed by atoms with E-state index in [4.69, 9.17) is 0 Å². The molecule has 0 nitrogen and oxygen atoms in total. The molecule has 0 aliphatic heterocycles. The standard InChI is InChI=1S/C53H36/c1-53(2)51-30-37(23-26-47(51)48-27-24-39(31-52(48)53)43-17-9-12-34-10-3-5-13-41(34)43)36-20-18-33-19-21-38(29-40(33)28-36)49-32-50-42-14-6-4-11-35(42)22-25-46(50)44-15-7-8-16-45(44)49/h3-32H,1-2H3. The quantitative estimate of drug-likeness (QED) is 0.164. The Balaban J connectivity index is 1.01. The minimum atomic E-state index is -0.118. The summed E-state index contributed by atoms with van der Waals surface area (Å²) in [5, 5.41) is 12.8. The van der Waals surface area contributed by atoms with Crippen molar-refractivity contribution in [2.75, 3.05) is 0 Å². The summed E-state index contributed by atoms with van der Waals surface area (Å²) in [7, 11) is 0. The molecule has 10 aromatic carbocycles. The summed E-state index contributed by atoms with van der Waals surface area (Å²) in [5.74, 6) is 0. The summed E-state index contributed by atoms with van der Waals surface area (Å²) in [4.78, 5) is 0. The molecule has 0 unspecified atom stereocenters. The molecule has 0 saturated carbocycles. The van der Waals surface area contributed by atoms with Gasteiger partial charge in [-0.25, -0.2) is 0 Å². The second-order valence-corrected chi connectivity index (χ2v) is 15.3. The van der Waals surface area contributed by atoms with Crippen molar-refractivity contribution < 1.29 is 0 Å². The molecule has 0 heteroatoms. The van der Waals surface area contributed by atoms with Crippen molar-refractivity contribution in [3.8, 4) is 44.5 Å². The summed E-state index contributed by atoms with van der Waals surface area (Å²) >= 11 is 0. The highest BCUT2D eigenvalue weighted by atomic mass is 14.4. The topological polar surface area (TPSA) is 0 Å². The molecule has 0 heterocycles. The largest absolute Gasteiger partial charge is 0.0616 e. The Labute approximate surface area is 309 Å². The second kappa shape index (κ2) is 11.2. The third-order valence-electron chi connectivity index (χ3n) is 12.0. The predicted molar refractivity (Wildman–Crippen MR) is 228 cm³/mol. The normalized spacial score (nSPS) is 13.2. The van der Waals surface area contributed by atoms with E-state index in [0.717, 1.165) is 0 Å². The van der Waals surface area contributed by atoms with Gasteiger partial charge in [0.2, 0.25) is 0 Å². The van der Waals surface area contributed by atoms with Gasteiger partial charge in [-0.3, -0.25) is 0 Å². The molecule has 11 rings (SSSR count). The maximum Gasteiger partial charge on any atom is 0.0159 e. The summed E-state index contributed by atoms with van der Waals surface area (Å²) in [6, 6.07) is 68.0. The van der Waals surface area contributed by atoms with E-state index in [0.29, 0.717) is 0 Å². The van der Waals surface area contributed by atoms with Crippen LogP contribution >= 0.6 is 0 Å². The fourth-order valence-corrected chi connectivity index (χ4v) is 9.26. The lowest BCUT2D eigenvalue weighted by Gasteiger charge is -2.23. The van der Waals surface area contributed by atoms with Gasteiger partial charge < -0.3 is 0 Å². The molecule has 53 heavy (non-hydrogen) atoms. The van der Waals surface area contributed by atoms with E-state index in [-0.39, 0.29) is 5.41 Å². The Bertz CT molecular complexity index is 3130. The minimum Gasteiger partial charge on any atom is -0.0616 e. The SMILES string of the molecule is CC1(C)c2cc(-c3ccc4ccc(-c5cc6c7ccccc7ccc6c6ccccc56)cc4c3)ccc2-c2ccc(-c3cccc4ccccc34)cc21. The molecule has 0 N–H and O–H groups in total. The lowest BCUT2D eigenvalue weighted by Crippen LogP contribution is -2.15. The third kappa shape index (κ3) is 4.55. The summed E-state index contributed by atoms with van der Waals surface area (Å²) in [5.41, 5.74) is 13.0. The average molecular weight is 673 g/mol. The Morgan fingerprint density at radius 1 is 0.264 bits per heavy atom. The van der Waals surface area contributed by atoms with Gasteiger partial charge in [-0.15, -0.1) is 0 Å². The lowest BCUT2D eigenvalue weighted by molar-refractivity contribution is 0.661. The number of hydrogen-bond acceptors (Lipinski definition) is 0. The predicted octanol–water partition coefficient (Wildman–Crippen LogP) is 14.8. The van der Waals surface area contributed by atoms with E-state index in [1.165, 1.54) is 109 Å². The zero-order chi connectivity index (χ0) is 35.3. The highest BCUT2D eigenvalue weighted by Crippen LogP contribution is 2.51. The molecule has 1 aliphatic carbocycles. The van der Waals surface area contributed by atoms with Crippen LogP contribution in [0.5, 0.6) is 0 Å². The van der Waals surface area contributed by atoms with Crippen LogP contribution < -0.4 is 0 Å². The van der Waals surface area contributed by atoms with Gasteiger partial charge in [0.05, 0.1) is 0 Å². The van der Waals surface area contributed by atoms with E-state index in [9.17, 15) is 0 Å². The summed E-state index contributed by atoms with van der Waals surface area (Å²) < 4.78 is 0. The molecular formula is C53H36. The van der Waals surface area contributed by atoms with Crippen molar-refractivity contribution >= 4 is 53.9 Å². The first-order valence-corrected chi connectivity index (χ1v) is 18.7. The molecule has 0 amide bonds. The van der Waals surface area contributed by atoms with E-state index in [1.54, 1.807) is 0 Å². The number of fused-ring (bicyclic) bond motifs is 10. The maximum absolute atomic E-state index is 2.44. The summed E-state index contributed by atoms with van der Waals surface area (Å²) in [6.07, 6.45) is 0. The van der Waals surface area contributed by atoms with Gasteiger partial charge in [-0.05, 0) is 140 Å². The smallest absolute Gasteiger partial charge is 0.0159 e. The van der Waals surface area contributed by atoms with Gasteiger partial charge in [0.25, 0.3) is 0 Å².